The Morgan fingerprint density at radius 1 is 1.28 bits per heavy atom. The molecule has 18 heavy (non-hydrogen) atoms. The van der Waals surface area contributed by atoms with Gasteiger partial charge in [0.1, 0.15) is 10.6 Å². The van der Waals surface area contributed by atoms with Gasteiger partial charge in [-0.1, -0.05) is 0 Å². The lowest BCUT2D eigenvalue weighted by atomic mass is 10.4. The van der Waals surface area contributed by atoms with Crippen molar-refractivity contribution in [3.63, 3.8) is 0 Å². The van der Waals surface area contributed by atoms with E-state index in [4.69, 9.17) is 5.11 Å². The van der Waals surface area contributed by atoms with Crippen molar-refractivity contribution in [2.24, 2.45) is 7.05 Å². The molecule has 0 aliphatic carbocycles. The van der Waals surface area contributed by atoms with Gasteiger partial charge >= 0.3 is 5.97 Å². The first-order valence-electron chi connectivity index (χ1n) is 5.26. The number of carboxylic acids is 1. The van der Waals surface area contributed by atoms with Gasteiger partial charge in [0.05, 0.1) is 5.00 Å². The first kappa shape index (κ1) is 12.4. The van der Waals surface area contributed by atoms with Crippen LogP contribution in [0.15, 0.2) is 24.3 Å². The highest BCUT2D eigenvalue weighted by Crippen LogP contribution is 2.22. The second-order valence-corrected chi connectivity index (χ2v) is 4.93. The molecule has 2 N–H and O–H groups in total. The Balaban J connectivity index is 2.16. The second-order valence-electron chi connectivity index (χ2n) is 3.84. The summed E-state index contributed by atoms with van der Waals surface area (Å²) >= 11 is 1.04. The predicted molar refractivity (Wildman–Crippen MR) is 69.4 cm³/mol. The number of hydrogen-bond acceptors (Lipinski definition) is 3. The van der Waals surface area contributed by atoms with Crippen LogP contribution < -0.4 is 5.32 Å². The van der Waals surface area contributed by atoms with Crippen molar-refractivity contribution >= 4 is 28.2 Å². The van der Waals surface area contributed by atoms with Crippen molar-refractivity contribution in [2.45, 2.75) is 6.92 Å². The number of nitrogens with zero attached hydrogens (tertiary/aromatic N) is 1. The van der Waals surface area contributed by atoms with Crippen LogP contribution in [0.5, 0.6) is 0 Å². The van der Waals surface area contributed by atoms with Crippen LogP contribution in [0.3, 0.4) is 0 Å². The maximum absolute atomic E-state index is 12.0. The second kappa shape index (κ2) is 4.66. The summed E-state index contributed by atoms with van der Waals surface area (Å²) in [5, 5.41) is 12.0. The number of carbonyl (C=O) groups excluding carboxylic acids is 1. The molecule has 0 fully saturated rings. The van der Waals surface area contributed by atoms with Crippen molar-refractivity contribution < 1.29 is 14.7 Å². The van der Waals surface area contributed by atoms with E-state index in [1.165, 1.54) is 6.07 Å². The molecule has 0 bridgehead atoms. The number of anilines is 1. The lowest BCUT2D eigenvalue weighted by Crippen LogP contribution is -2.15. The highest BCUT2D eigenvalue weighted by Gasteiger charge is 2.13. The fourth-order valence-corrected chi connectivity index (χ4v) is 2.28. The van der Waals surface area contributed by atoms with E-state index in [0.717, 1.165) is 17.0 Å². The Morgan fingerprint density at radius 3 is 2.50 bits per heavy atom. The Kier molecular flexibility index (Phi) is 3.20. The van der Waals surface area contributed by atoms with E-state index in [0.29, 0.717) is 10.7 Å². The number of aromatic carboxylic acids is 1. The van der Waals surface area contributed by atoms with E-state index in [2.05, 4.69) is 5.32 Å². The van der Waals surface area contributed by atoms with E-state index >= 15 is 0 Å². The van der Waals surface area contributed by atoms with Crippen LogP contribution in [0, 0.1) is 6.92 Å². The molecule has 2 aromatic rings. The molecule has 0 saturated heterocycles. The summed E-state index contributed by atoms with van der Waals surface area (Å²) in [6.07, 6.45) is 0. The van der Waals surface area contributed by atoms with Gasteiger partial charge in [0.15, 0.2) is 0 Å². The maximum atomic E-state index is 12.0. The summed E-state index contributed by atoms with van der Waals surface area (Å²) in [7, 11) is 1.81. The number of nitrogens with one attached hydrogen (secondary N) is 1. The fourth-order valence-electron chi connectivity index (χ4n) is 1.54. The Hall–Kier alpha value is -2.08. The van der Waals surface area contributed by atoms with E-state index in [1.54, 1.807) is 23.7 Å². The number of hydrogen-bond donors (Lipinski definition) is 2. The van der Waals surface area contributed by atoms with Crippen molar-refractivity contribution in [3.05, 3.63) is 40.5 Å². The highest BCUT2D eigenvalue weighted by molar-refractivity contribution is 7.18. The minimum Gasteiger partial charge on any atom is -0.477 e. The van der Waals surface area contributed by atoms with Gasteiger partial charge in [-0.3, -0.25) is 4.79 Å². The molecule has 1 amide bonds. The summed E-state index contributed by atoms with van der Waals surface area (Å²) in [5.41, 5.74) is 1.52. The zero-order valence-electron chi connectivity index (χ0n) is 9.93. The lowest BCUT2D eigenvalue weighted by molar-refractivity contribution is 0.0702. The molecule has 0 radical (unpaired) electrons. The molecule has 0 aliphatic rings. The zero-order chi connectivity index (χ0) is 13.3. The molecule has 2 heterocycles. The number of rotatable bonds is 3. The highest BCUT2D eigenvalue weighted by atomic mass is 32.1. The maximum Gasteiger partial charge on any atom is 0.345 e. The van der Waals surface area contributed by atoms with Gasteiger partial charge in [0, 0.05) is 12.7 Å². The summed E-state index contributed by atoms with van der Waals surface area (Å²) in [6, 6.07) is 6.64. The normalized spacial score (nSPS) is 10.3. The first-order chi connectivity index (χ1) is 8.49. The first-order valence-corrected chi connectivity index (χ1v) is 6.07. The summed E-state index contributed by atoms with van der Waals surface area (Å²) in [6.45, 7) is 1.91. The molecule has 0 spiro atoms. The van der Waals surface area contributed by atoms with Crippen molar-refractivity contribution in [1.82, 2.24) is 4.57 Å². The molecule has 2 aromatic heterocycles. The average molecular weight is 264 g/mol. The number of amides is 1. The fraction of sp³-hybridized carbons (Fsp3) is 0.167. The lowest BCUT2D eigenvalue weighted by Gasteiger charge is -2.04. The van der Waals surface area contributed by atoms with Gasteiger partial charge in [0.2, 0.25) is 0 Å². The Morgan fingerprint density at radius 2 is 2.00 bits per heavy atom. The zero-order valence-corrected chi connectivity index (χ0v) is 10.7. The van der Waals surface area contributed by atoms with E-state index < -0.39 is 5.97 Å². The molecule has 0 aromatic carbocycles. The van der Waals surface area contributed by atoms with Gasteiger partial charge in [-0.05, 0) is 31.2 Å². The van der Waals surface area contributed by atoms with Crippen LogP contribution in [-0.4, -0.2) is 21.6 Å². The van der Waals surface area contributed by atoms with Gasteiger partial charge in [-0.2, -0.15) is 0 Å². The molecular formula is C12H12N2O3S. The molecule has 0 atom stereocenters. The van der Waals surface area contributed by atoms with E-state index in [1.807, 2.05) is 13.0 Å². The molecule has 6 heteroatoms. The SMILES string of the molecule is Cc1ccc(C(=O)Nc2ccc(C(=O)O)s2)n1C. The van der Waals surface area contributed by atoms with E-state index in [-0.39, 0.29) is 10.8 Å². The molecule has 0 saturated carbocycles. The minimum atomic E-state index is -0.991. The van der Waals surface area contributed by atoms with Crippen LogP contribution in [0.25, 0.3) is 0 Å². The summed E-state index contributed by atoms with van der Waals surface area (Å²) in [5.74, 6) is -1.24. The largest absolute Gasteiger partial charge is 0.477 e. The monoisotopic (exact) mass is 264 g/mol. The van der Waals surface area contributed by atoms with Gasteiger partial charge in [0.25, 0.3) is 5.91 Å². The molecule has 5 nitrogen and oxygen atoms in total. The summed E-state index contributed by atoms with van der Waals surface area (Å²) in [4.78, 5) is 22.9. The molecule has 0 aliphatic heterocycles. The average Bonchev–Trinajstić information content (AvgIpc) is 2.88. The molecular weight excluding hydrogens is 252 g/mol. The quantitative estimate of drug-likeness (QED) is 0.893. The van der Waals surface area contributed by atoms with E-state index in [9.17, 15) is 9.59 Å². The van der Waals surface area contributed by atoms with Crippen LogP contribution in [0.1, 0.15) is 25.9 Å². The molecule has 94 valence electrons. The van der Waals surface area contributed by atoms with Crippen LogP contribution in [0.2, 0.25) is 0 Å². The smallest absolute Gasteiger partial charge is 0.345 e. The molecule has 2 rings (SSSR count). The third kappa shape index (κ3) is 2.28. The number of carboxylic acid groups (broad SMARTS) is 1. The molecule has 0 unspecified atom stereocenters. The Bertz CT molecular complexity index is 613. The standard InChI is InChI=1S/C12H12N2O3S/c1-7-3-4-8(14(7)2)11(15)13-10-6-5-9(18-10)12(16)17/h3-6H,1-2H3,(H,13,15)(H,16,17). The van der Waals surface area contributed by atoms with Gasteiger partial charge in [-0.15, -0.1) is 11.3 Å². The van der Waals surface area contributed by atoms with Crippen molar-refractivity contribution in [2.75, 3.05) is 5.32 Å². The summed E-state index contributed by atoms with van der Waals surface area (Å²) < 4.78 is 1.78. The van der Waals surface area contributed by atoms with Crippen molar-refractivity contribution in [3.8, 4) is 0 Å². The minimum absolute atomic E-state index is 0.202. The number of thiophene rings is 1. The number of aromatic nitrogens is 1. The third-order valence-electron chi connectivity index (χ3n) is 2.66. The van der Waals surface area contributed by atoms with Crippen LogP contribution >= 0.6 is 11.3 Å². The third-order valence-corrected chi connectivity index (χ3v) is 3.65. The topological polar surface area (TPSA) is 71.3 Å². The van der Waals surface area contributed by atoms with Gasteiger partial charge in [-0.25, -0.2) is 4.79 Å². The van der Waals surface area contributed by atoms with Crippen LogP contribution in [-0.2, 0) is 7.05 Å². The van der Waals surface area contributed by atoms with Crippen molar-refractivity contribution in [1.29, 1.82) is 0 Å². The Labute approximate surface area is 108 Å². The number of carbonyl (C=O) groups is 2. The predicted octanol–water partition coefficient (Wildman–Crippen LogP) is 2.35. The van der Waals surface area contributed by atoms with Crippen LogP contribution in [0.4, 0.5) is 5.00 Å². The van der Waals surface area contributed by atoms with Gasteiger partial charge < -0.3 is 15.0 Å². The number of aryl methyl sites for hydroxylation is 1.